The van der Waals surface area contributed by atoms with Gasteiger partial charge in [0.25, 0.3) is 0 Å². The van der Waals surface area contributed by atoms with E-state index in [1.54, 1.807) is 0 Å². The molecule has 6 heteroatoms. The summed E-state index contributed by atoms with van der Waals surface area (Å²) in [6.07, 6.45) is 3.89. The van der Waals surface area contributed by atoms with E-state index in [4.69, 9.17) is 0 Å². The molecular weight excluding hydrogens is 500 g/mol. The topological polar surface area (TPSA) is 74.8 Å². The molecule has 3 aromatic rings. The molecule has 2 bridgehead atoms. The summed E-state index contributed by atoms with van der Waals surface area (Å²) in [6, 6.07) is 20.8. The largest absolute Gasteiger partial charge is 0.274 e. The average Bonchev–Trinajstić information content (AvgIpc) is 3.37. The summed E-state index contributed by atoms with van der Waals surface area (Å²) in [5, 5.41) is 0. The number of amides is 4. The summed E-state index contributed by atoms with van der Waals surface area (Å²) in [5.74, 6) is -4.75. The summed E-state index contributed by atoms with van der Waals surface area (Å²) in [6.45, 7) is 7.74. The number of aryl methyl sites for hydroxylation is 4. The van der Waals surface area contributed by atoms with Crippen LogP contribution in [0.2, 0.25) is 0 Å². The van der Waals surface area contributed by atoms with Gasteiger partial charge in [-0.25, -0.2) is 9.80 Å². The fraction of sp³-hybridized carbons (Fsp3) is 0.294. The minimum atomic E-state index is -1.12. The number of hydrogen-bond acceptors (Lipinski definition) is 4. The van der Waals surface area contributed by atoms with Crippen LogP contribution in [0.15, 0.2) is 78.9 Å². The first-order chi connectivity index (χ1) is 19.2. The van der Waals surface area contributed by atoms with E-state index in [2.05, 4.69) is 0 Å². The molecule has 2 heterocycles. The smallest absolute Gasteiger partial charge is 0.238 e. The molecule has 2 aliphatic heterocycles. The van der Waals surface area contributed by atoms with Crippen LogP contribution in [0.4, 0.5) is 11.4 Å². The van der Waals surface area contributed by atoms with E-state index in [0.717, 1.165) is 27.8 Å². The maximum atomic E-state index is 14.4. The number of imide groups is 2. The molecule has 1 saturated carbocycles. The Morgan fingerprint density at radius 1 is 0.600 bits per heavy atom. The van der Waals surface area contributed by atoms with Gasteiger partial charge in [0.1, 0.15) is 0 Å². The molecule has 3 fully saturated rings. The third kappa shape index (κ3) is 2.99. The second-order valence-electron chi connectivity index (χ2n) is 11.8. The quantitative estimate of drug-likeness (QED) is 0.354. The third-order valence-corrected chi connectivity index (χ3v) is 9.62. The van der Waals surface area contributed by atoms with Crippen molar-refractivity contribution in [2.24, 2.45) is 29.6 Å². The maximum absolute atomic E-state index is 14.4. The average molecular weight is 531 g/mol. The lowest BCUT2D eigenvalue weighted by molar-refractivity contribution is -0.140. The molecular formula is C34H30N2O4. The fourth-order valence-electron chi connectivity index (χ4n) is 8.07. The lowest BCUT2D eigenvalue weighted by Crippen LogP contribution is -2.60. The van der Waals surface area contributed by atoms with Crippen LogP contribution in [-0.4, -0.2) is 23.6 Å². The molecule has 8 rings (SSSR count). The molecule has 200 valence electrons. The molecule has 3 aliphatic carbocycles. The number of rotatable bonds is 3. The van der Waals surface area contributed by atoms with Crippen molar-refractivity contribution in [1.29, 1.82) is 0 Å². The summed E-state index contributed by atoms with van der Waals surface area (Å²) < 4.78 is 0. The third-order valence-electron chi connectivity index (χ3n) is 9.62. The van der Waals surface area contributed by atoms with Crippen molar-refractivity contribution in [1.82, 2.24) is 0 Å². The molecule has 5 aliphatic rings. The first-order valence-corrected chi connectivity index (χ1v) is 13.8. The fourth-order valence-corrected chi connectivity index (χ4v) is 8.07. The first kappa shape index (κ1) is 24.7. The van der Waals surface area contributed by atoms with Gasteiger partial charge >= 0.3 is 0 Å². The maximum Gasteiger partial charge on any atom is 0.238 e. The second kappa shape index (κ2) is 8.34. The van der Waals surface area contributed by atoms with E-state index in [-0.39, 0.29) is 23.6 Å². The zero-order valence-corrected chi connectivity index (χ0v) is 22.9. The van der Waals surface area contributed by atoms with Gasteiger partial charge in [-0.1, -0.05) is 77.9 Å². The van der Waals surface area contributed by atoms with Gasteiger partial charge in [0.05, 0.1) is 35.0 Å². The molecule has 3 aromatic carbocycles. The molecule has 0 radical (unpaired) electrons. The number of carbonyl (C=O) groups excluding carboxylic acids is 4. The van der Waals surface area contributed by atoms with Crippen molar-refractivity contribution in [3.63, 3.8) is 0 Å². The van der Waals surface area contributed by atoms with Crippen molar-refractivity contribution in [3.05, 3.63) is 107 Å². The Hall–Kier alpha value is -4.32. The highest BCUT2D eigenvalue weighted by Crippen LogP contribution is 2.65. The van der Waals surface area contributed by atoms with Crippen LogP contribution in [0.25, 0.3) is 0 Å². The summed E-state index contributed by atoms with van der Waals surface area (Å²) >= 11 is 0. The predicted octanol–water partition coefficient (Wildman–Crippen LogP) is 4.97. The van der Waals surface area contributed by atoms with Crippen molar-refractivity contribution >= 4 is 35.0 Å². The lowest BCUT2D eigenvalue weighted by Gasteiger charge is -2.53. The van der Waals surface area contributed by atoms with Crippen LogP contribution in [-0.2, 0) is 24.6 Å². The Balaban J connectivity index is 1.43. The first-order valence-electron chi connectivity index (χ1n) is 13.8. The Bertz CT molecular complexity index is 1580. The zero-order chi connectivity index (χ0) is 28.1. The summed E-state index contributed by atoms with van der Waals surface area (Å²) in [4.78, 5) is 60.0. The summed E-state index contributed by atoms with van der Waals surface area (Å²) in [5.41, 5.74) is 4.54. The predicted molar refractivity (Wildman–Crippen MR) is 152 cm³/mol. The van der Waals surface area contributed by atoms with E-state index in [9.17, 15) is 19.2 Å². The Morgan fingerprint density at radius 3 is 1.52 bits per heavy atom. The Morgan fingerprint density at radius 2 is 1.07 bits per heavy atom. The Labute approximate surface area is 233 Å². The molecule has 40 heavy (non-hydrogen) atoms. The molecule has 2 saturated heterocycles. The molecule has 0 spiro atoms. The molecule has 6 nitrogen and oxygen atoms in total. The molecule has 6 atom stereocenters. The lowest BCUT2D eigenvalue weighted by atomic mass is 9.45. The van der Waals surface area contributed by atoms with Crippen LogP contribution < -0.4 is 9.80 Å². The highest BCUT2D eigenvalue weighted by atomic mass is 16.2. The number of benzene rings is 3. The number of anilines is 2. The SMILES string of the molecule is Cc1ccc(N2C(=O)[C@@H]3C4C=CC(c5ccccc5)([C@H]3C2=O)[C@H]2C(=O)N(c3ccc(C)cc3C)C(=O)[C@@H]42)c(C)c1. The van der Waals surface area contributed by atoms with Crippen molar-refractivity contribution in [3.8, 4) is 0 Å². The highest BCUT2D eigenvalue weighted by molar-refractivity contribution is 6.27. The van der Waals surface area contributed by atoms with Crippen LogP contribution >= 0.6 is 0 Å². The number of nitrogens with zero attached hydrogens (tertiary/aromatic N) is 2. The van der Waals surface area contributed by atoms with Gasteiger partial charge in [0.2, 0.25) is 23.6 Å². The van der Waals surface area contributed by atoms with E-state index < -0.39 is 35.0 Å². The van der Waals surface area contributed by atoms with Crippen LogP contribution in [0.3, 0.4) is 0 Å². The Kier molecular flexibility index (Phi) is 5.15. The van der Waals surface area contributed by atoms with Gasteiger partial charge in [-0.05, 0) is 56.5 Å². The van der Waals surface area contributed by atoms with E-state index in [1.165, 1.54) is 9.80 Å². The van der Waals surface area contributed by atoms with Crippen LogP contribution in [0.1, 0.15) is 27.8 Å². The van der Waals surface area contributed by atoms with Crippen molar-refractivity contribution in [2.45, 2.75) is 33.1 Å². The minimum absolute atomic E-state index is 0.291. The van der Waals surface area contributed by atoms with Gasteiger partial charge in [0, 0.05) is 11.3 Å². The molecule has 0 N–H and O–H groups in total. The van der Waals surface area contributed by atoms with E-state index in [0.29, 0.717) is 11.4 Å². The van der Waals surface area contributed by atoms with Crippen molar-refractivity contribution < 1.29 is 19.2 Å². The normalized spacial score (nSPS) is 30.4. The van der Waals surface area contributed by atoms with E-state index in [1.807, 2.05) is 107 Å². The highest BCUT2D eigenvalue weighted by Gasteiger charge is 2.75. The number of hydrogen-bond donors (Lipinski definition) is 0. The number of carbonyl (C=O) groups is 4. The molecule has 0 aromatic heterocycles. The zero-order valence-electron chi connectivity index (χ0n) is 22.9. The minimum Gasteiger partial charge on any atom is -0.274 e. The van der Waals surface area contributed by atoms with Gasteiger partial charge in [0.15, 0.2) is 0 Å². The molecule has 4 amide bonds. The second-order valence-corrected chi connectivity index (χ2v) is 11.8. The van der Waals surface area contributed by atoms with Gasteiger partial charge in [-0.3, -0.25) is 19.2 Å². The molecule has 2 unspecified atom stereocenters. The van der Waals surface area contributed by atoms with Crippen molar-refractivity contribution in [2.75, 3.05) is 9.80 Å². The van der Waals surface area contributed by atoms with Gasteiger partial charge in [-0.2, -0.15) is 0 Å². The van der Waals surface area contributed by atoms with E-state index >= 15 is 0 Å². The van der Waals surface area contributed by atoms with Crippen LogP contribution in [0.5, 0.6) is 0 Å². The summed E-state index contributed by atoms with van der Waals surface area (Å²) in [7, 11) is 0. The van der Waals surface area contributed by atoms with Gasteiger partial charge < -0.3 is 0 Å². The van der Waals surface area contributed by atoms with Gasteiger partial charge in [-0.15, -0.1) is 0 Å². The number of allylic oxidation sites excluding steroid dienone is 2. The monoisotopic (exact) mass is 530 g/mol. The standard InChI is InChI=1S/C34H30N2O4/c1-18-10-12-24(20(3)16-18)35-30(37)26-23-14-15-34(28(26)32(35)39,22-8-6-5-7-9-22)29-27(23)31(38)36(33(29)40)25-13-11-19(2)17-21(25)4/h5-17,23,26-29H,1-4H3/t23?,26-,27+,28-,29-,34?/m1/s1. The van der Waals surface area contributed by atoms with Crippen LogP contribution in [0, 0.1) is 57.3 Å².